The van der Waals surface area contributed by atoms with Crippen molar-refractivity contribution < 1.29 is 4.79 Å². The molecule has 0 fully saturated rings. The van der Waals surface area contributed by atoms with Gasteiger partial charge in [0.05, 0.1) is 0 Å². The minimum Gasteiger partial charge on any atom is -0.308 e. The second kappa shape index (κ2) is 3.10. The maximum atomic E-state index is 10.3. The number of aryl methyl sites for hydroxylation is 1. The smallest absolute Gasteiger partial charge is 0.150 e. The number of carbonyl (C=O) groups excluding carboxylic acids is 1. The van der Waals surface area contributed by atoms with Crippen LogP contribution in [0.1, 0.15) is 21.5 Å². The monoisotopic (exact) mass is 147 g/mol. The largest absolute Gasteiger partial charge is 0.308 e. The molecule has 1 aromatic rings. The van der Waals surface area contributed by atoms with Crippen molar-refractivity contribution in [3.8, 4) is 0 Å². The van der Waals surface area contributed by atoms with E-state index in [1.807, 2.05) is 13.0 Å². The van der Waals surface area contributed by atoms with Crippen molar-refractivity contribution in [2.75, 3.05) is 0 Å². The highest BCUT2D eigenvalue weighted by Gasteiger charge is 1.95. The molecule has 0 bridgehead atoms. The van der Waals surface area contributed by atoms with Crippen LogP contribution in [0.25, 0.3) is 0 Å². The third-order valence-electron chi connectivity index (χ3n) is 1.59. The highest BCUT2D eigenvalue weighted by Crippen LogP contribution is 2.06. The Labute approximate surface area is 65.4 Å². The summed E-state index contributed by atoms with van der Waals surface area (Å²) in [6, 6.07) is 5.29. The van der Waals surface area contributed by atoms with Crippen molar-refractivity contribution in [2.24, 2.45) is 0 Å². The maximum absolute atomic E-state index is 10.3. The number of nitrogens with one attached hydrogen (secondary N) is 1. The zero-order valence-corrected chi connectivity index (χ0v) is 6.29. The van der Waals surface area contributed by atoms with Crippen molar-refractivity contribution in [1.82, 2.24) is 0 Å². The summed E-state index contributed by atoms with van der Waals surface area (Å²) >= 11 is 0. The first-order valence-electron chi connectivity index (χ1n) is 3.34. The average Bonchev–Trinajstić information content (AvgIpc) is 2.05. The third kappa shape index (κ3) is 1.52. The van der Waals surface area contributed by atoms with Gasteiger partial charge in [0, 0.05) is 11.8 Å². The van der Waals surface area contributed by atoms with Gasteiger partial charge in [0.2, 0.25) is 0 Å². The Morgan fingerprint density at radius 1 is 1.45 bits per heavy atom. The molecule has 0 atom stereocenters. The van der Waals surface area contributed by atoms with Crippen LogP contribution >= 0.6 is 0 Å². The predicted molar refractivity (Wildman–Crippen MR) is 44.5 cm³/mol. The molecule has 0 spiro atoms. The van der Waals surface area contributed by atoms with Crippen LogP contribution in [0.3, 0.4) is 0 Å². The molecule has 2 heteroatoms. The molecule has 11 heavy (non-hydrogen) atoms. The molecule has 0 heterocycles. The van der Waals surface area contributed by atoms with Crippen LogP contribution in [0.15, 0.2) is 18.2 Å². The zero-order valence-electron chi connectivity index (χ0n) is 6.29. The van der Waals surface area contributed by atoms with Gasteiger partial charge in [-0.25, -0.2) is 0 Å². The van der Waals surface area contributed by atoms with Crippen LogP contribution in [0.4, 0.5) is 0 Å². The normalized spacial score (nSPS) is 9.18. The van der Waals surface area contributed by atoms with Gasteiger partial charge >= 0.3 is 0 Å². The second-order valence-corrected chi connectivity index (χ2v) is 2.38. The molecule has 0 unspecified atom stereocenters. The van der Waals surface area contributed by atoms with E-state index in [4.69, 9.17) is 5.41 Å². The van der Waals surface area contributed by atoms with Crippen LogP contribution in [0.2, 0.25) is 0 Å². The Morgan fingerprint density at radius 3 is 2.73 bits per heavy atom. The van der Waals surface area contributed by atoms with Crippen molar-refractivity contribution >= 4 is 12.5 Å². The van der Waals surface area contributed by atoms with E-state index in [1.165, 1.54) is 6.21 Å². The fourth-order valence-corrected chi connectivity index (χ4v) is 0.888. The topological polar surface area (TPSA) is 40.9 Å². The summed E-state index contributed by atoms with van der Waals surface area (Å²) in [4.78, 5) is 10.3. The number of benzene rings is 1. The van der Waals surface area contributed by atoms with Gasteiger partial charge in [-0.15, -0.1) is 0 Å². The molecule has 0 radical (unpaired) electrons. The Balaban J connectivity index is 3.22. The lowest BCUT2D eigenvalue weighted by Gasteiger charge is -1.98. The SMILES string of the molecule is Cc1ccc(C=O)cc1C=N. The van der Waals surface area contributed by atoms with Gasteiger partial charge in [-0.1, -0.05) is 12.1 Å². The molecule has 0 saturated heterocycles. The van der Waals surface area contributed by atoms with E-state index in [0.29, 0.717) is 5.56 Å². The van der Waals surface area contributed by atoms with Gasteiger partial charge in [0.25, 0.3) is 0 Å². The summed E-state index contributed by atoms with van der Waals surface area (Å²) in [5.74, 6) is 0. The average molecular weight is 147 g/mol. The summed E-state index contributed by atoms with van der Waals surface area (Å²) in [6.07, 6.45) is 2.04. The van der Waals surface area contributed by atoms with Crippen LogP contribution in [0.5, 0.6) is 0 Å². The lowest BCUT2D eigenvalue weighted by molar-refractivity contribution is 0.112. The lowest BCUT2D eigenvalue weighted by atomic mass is 10.1. The van der Waals surface area contributed by atoms with Gasteiger partial charge in [-0.05, 0) is 24.1 Å². The van der Waals surface area contributed by atoms with Gasteiger partial charge in [0.1, 0.15) is 6.29 Å². The van der Waals surface area contributed by atoms with Gasteiger partial charge < -0.3 is 5.41 Å². The second-order valence-electron chi connectivity index (χ2n) is 2.38. The Hall–Kier alpha value is -1.44. The molecule has 56 valence electrons. The minimum atomic E-state index is 0.620. The molecular formula is C9H9NO. The van der Waals surface area contributed by atoms with Crippen molar-refractivity contribution in [3.05, 3.63) is 34.9 Å². The molecule has 1 aromatic carbocycles. The van der Waals surface area contributed by atoms with Crippen LogP contribution in [0, 0.1) is 12.3 Å². The third-order valence-corrected chi connectivity index (χ3v) is 1.59. The summed E-state index contributed by atoms with van der Waals surface area (Å²) in [6.45, 7) is 1.91. The van der Waals surface area contributed by atoms with Crippen molar-refractivity contribution in [3.63, 3.8) is 0 Å². The summed E-state index contributed by atoms with van der Waals surface area (Å²) < 4.78 is 0. The maximum Gasteiger partial charge on any atom is 0.150 e. The fraction of sp³-hybridized carbons (Fsp3) is 0.111. The zero-order chi connectivity index (χ0) is 8.27. The van der Waals surface area contributed by atoms with Crippen LogP contribution in [-0.2, 0) is 0 Å². The predicted octanol–water partition coefficient (Wildman–Crippen LogP) is 1.81. The molecule has 0 aliphatic carbocycles. The number of hydrogen-bond donors (Lipinski definition) is 1. The number of carbonyl (C=O) groups is 1. The van der Waals surface area contributed by atoms with E-state index in [9.17, 15) is 4.79 Å². The molecule has 0 aromatic heterocycles. The van der Waals surface area contributed by atoms with Gasteiger partial charge in [-0.3, -0.25) is 4.79 Å². The van der Waals surface area contributed by atoms with E-state index < -0.39 is 0 Å². The van der Waals surface area contributed by atoms with Crippen LogP contribution in [-0.4, -0.2) is 12.5 Å². The van der Waals surface area contributed by atoms with Crippen molar-refractivity contribution in [2.45, 2.75) is 6.92 Å². The molecule has 2 nitrogen and oxygen atoms in total. The molecule has 0 saturated carbocycles. The van der Waals surface area contributed by atoms with E-state index in [0.717, 1.165) is 17.4 Å². The Kier molecular flexibility index (Phi) is 2.16. The van der Waals surface area contributed by atoms with E-state index in [1.54, 1.807) is 12.1 Å². The highest BCUT2D eigenvalue weighted by atomic mass is 16.1. The standard InChI is InChI=1S/C9H9NO/c1-7-2-3-8(6-11)4-9(7)5-10/h2-6,10H,1H3. The number of hydrogen-bond acceptors (Lipinski definition) is 2. The quantitative estimate of drug-likeness (QED) is 0.503. The minimum absolute atomic E-state index is 0.620. The lowest BCUT2D eigenvalue weighted by Crippen LogP contribution is -1.88. The number of aldehydes is 1. The molecule has 1 rings (SSSR count). The van der Waals surface area contributed by atoms with Gasteiger partial charge in [-0.2, -0.15) is 0 Å². The fourth-order valence-electron chi connectivity index (χ4n) is 0.888. The highest BCUT2D eigenvalue weighted by molar-refractivity contribution is 5.84. The van der Waals surface area contributed by atoms with Crippen molar-refractivity contribution in [1.29, 1.82) is 5.41 Å². The van der Waals surface area contributed by atoms with E-state index in [-0.39, 0.29) is 0 Å². The molecular weight excluding hydrogens is 138 g/mol. The Bertz CT molecular complexity index is 292. The summed E-state index contributed by atoms with van der Waals surface area (Å²) in [5, 5.41) is 7.02. The molecule has 1 N–H and O–H groups in total. The molecule has 0 amide bonds. The number of rotatable bonds is 2. The first-order chi connectivity index (χ1) is 5.27. The van der Waals surface area contributed by atoms with E-state index >= 15 is 0 Å². The summed E-state index contributed by atoms with van der Waals surface area (Å²) in [5.41, 5.74) is 2.44. The van der Waals surface area contributed by atoms with E-state index in [2.05, 4.69) is 0 Å². The van der Waals surface area contributed by atoms with Crippen LogP contribution < -0.4 is 0 Å². The first kappa shape index (κ1) is 7.66. The van der Waals surface area contributed by atoms with Gasteiger partial charge in [0.15, 0.2) is 0 Å². The molecule has 0 aliphatic rings. The summed E-state index contributed by atoms with van der Waals surface area (Å²) in [7, 11) is 0. The molecule has 0 aliphatic heterocycles. The Morgan fingerprint density at radius 2 is 2.18 bits per heavy atom. The first-order valence-corrected chi connectivity index (χ1v) is 3.34.